The van der Waals surface area contributed by atoms with Gasteiger partial charge in [0.25, 0.3) is 5.92 Å². The Kier molecular flexibility index (Phi) is 5.22. The van der Waals surface area contributed by atoms with E-state index in [0.29, 0.717) is 18.1 Å². The van der Waals surface area contributed by atoms with E-state index in [2.05, 4.69) is 0 Å². The Morgan fingerprint density at radius 3 is 2.38 bits per heavy atom. The number of thioether (sulfide) groups is 1. The summed E-state index contributed by atoms with van der Waals surface area (Å²) in [5, 5.41) is 0. The second-order valence-electron chi connectivity index (χ2n) is 5.41. The first-order chi connectivity index (χ1) is 9.89. The topological polar surface area (TPSA) is 29.3 Å². The van der Waals surface area contributed by atoms with Crippen LogP contribution in [0.5, 0.6) is 0 Å². The molecule has 1 aliphatic rings. The molecule has 0 radical (unpaired) electrons. The lowest BCUT2D eigenvalue weighted by molar-refractivity contribution is -0.0420. The highest BCUT2D eigenvalue weighted by molar-refractivity contribution is 8.02. The highest BCUT2D eigenvalue weighted by Crippen LogP contribution is 2.37. The van der Waals surface area contributed by atoms with Gasteiger partial charge in [-0.05, 0) is 19.1 Å². The summed E-state index contributed by atoms with van der Waals surface area (Å²) in [5.41, 5.74) is 5.89. The summed E-state index contributed by atoms with van der Waals surface area (Å²) in [4.78, 5) is 2.30. The van der Waals surface area contributed by atoms with Gasteiger partial charge in [0.2, 0.25) is 0 Å². The summed E-state index contributed by atoms with van der Waals surface area (Å²) in [6.45, 7) is 0.944. The maximum Gasteiger partial charge on any atom is 0.285 e. The highest BCUT2D eigenvalue weighted by Gasteiger charge is 2.40. The van der Waals surface area contributed by atoms with Crippen LogP contribution in [0.2, 0.25) is 0 Å². The quantitative estimate of drug-likeness (QED) is 0.839. The number of rotatable bonds is 5. The van der Waals surface area contributed by atoms with Crippen LogP contribution in [0.1, 0.15) is 18.4 Å². The van der Waals surface area contributed by atoms with Crippen molar-refractivity contribution in [1.29, 1.82) is 0 Å². The largest absolute Gasteiger partial charge is 0.392 e. The first-order valence-corrected chi connectivity index (χ1v) is 8.54. The van der Waals surface area contributed by atoms with Gasteiger partial charge in [-0.25, -0.2) is 0 Å². The van der Waals surface area contributed by atoms with Crippen molar-refractivity contribution in [2.45, 2.75) is 23.5 Å². The number of piperidine rings is 1. The molecule has 0 aromatic heterocycles. The smallest absolute Gasteiger partial charge is 0.285 e. The maximum atomic E-state index is 14.3. The first-order valence-electron chi connectivity index (χ1n) is 6.90. The molecule has 0 atom stereocenters. The van der Waals surface area contributed by atoms with E-state index in [0.717, 1.165) is 12.8 Å². The predicted molar refractivity (Wildman–Crippen MR) is 89.0 cm³/mol. The number of nitrogens with zero attached hydrogens (tertiary/aromatic N) is 1. The molecule has 1 aliphatic heterocycles. The van der Waals surface area contributed by atoms with Crippen molar-refractivity contribution < 1.29 is 8.78 Å². The minimum absolute atomic E-state index is 0.0704. The maximum absolute atomic E-state index is 14.3. The van der Waals surface area contributed by atoms with Crippen molar-refractivity contribution in [2.24, 2.45) is 5.73 Å². The number of thiocarbonyl (C=S) groups is 1. The summed E-state index contributed by atoms with van der Waals surface area (Å²) in [7, 11) is 0. The second-order valence-corrected chi connectivity index (χ2v) is 7.04. The van der Waals surface area contributed by atoms with Gasteiger partial charge < -0.3 is 5.73 Å². The molecular weight excluding hydrogens is 310 g/mol. The molecule has 1 aromatic carbocycles. The molecular formula is C15H20F2N2S2. The minimum Gasteiger partial charge on any atom is -0.392 e. The van der Waals surface area contributed by atoms with E-state index >= 15 is 0 Å². The molecule has 0 bridgehead atoms. The average molecular weight is 330 g/mol. The summed E-state index contributed by atoms with van der Waals surface area (Å²) >= 11 is 6.78. The molecule has 0 amide bonds. The summed E-state index contributed by atoms with van der Waals surface area (Å²) in [6.07, 6.45) is 3.44. The molecule has 21 heavy (non-hydrogen) atoms. The summed E-state index contributed by atoms with van der Waals surface area (Å²) in [5.74, 6) is -2.83. The summed E-state index contributed by atoms with van der Waals surface area (Å²) < 4.78 is 28.3. The minimum atomic E-state index is -2.83. The molecule has 2 N–H and O–H groups in total. The molecule has 1 fully saturated rings. The lowest BCUT2D eigenvalue weighted by Gasteiger charge is -2.41. The second kappa shape index (κ2) is 6.58. The molecule has 1 aromatic rings. The zero-order valence-corrected chi connectivity index (χ0v) is 13.7. The molecule has 116 valence electrons. The van der Waals surface area contributed by atoms with Crippen LogP contribution in [0.3, 0.4) is 0 Å². The number of hydrogen-bond donors (Lipinski definition) is 1. The van der Waals surface area contributed by atoms with Crippen LogP contribution >= 0.6 is 24.0 Å². The Bertz CT molecular complexity index is 486. The molecule has 0 saturated carbocycles. The monoisotopic (exact) mass is 330 g/mol. The third kappa shape index (κ3) is 3.73. The van der Waals surface area contributed by atoms with Crippen molar-refractivity contribution in [3.63, 3.8) is 0 Å². The third-order valence-electron chi connectivity index (χ3n) is 4.12. The first kappa shape index (κ1) is 16.6. The fourth-order valence-corrected chi connectivity index (χ4v) is 3.92. The van der Waals surface area contributed by atoms with Crippen molar-refractivity contribution in [1.82, 2.24) is 4.90 Å². The number of nitrogens with two attached hydrogens (primary N) is 1. The van der Waals surface area contributed by atoms with Gasteiger partial charge in [0.1, 0.15) is 0 Å². The predicted octanol–water partition coefficient (Wildman–Crippen LogP) is 3.26. The Labute approximate surface area is 134 Å². The number of benzene rings is 1. The van der Waals surface area contributed by atoms with Gasteiger partial charge in [-0.2, -0.15) is 20.5 Å². The highest BCUT2D eigenvalue weighted by atomic mass is 32.2. The van der Waals surface area contributed by atoms with E-state index in [1.807, 2.05) is 6.26 Å². The van der Waals surface area contributed by atoms with Crippen LogP contribution in [-0.4, -0.2) is 40.5 Å². The Morgan fingerprint density at radius 1 is 1.33 bits per heavy atom. The van der Waals surface area contributed by atoms with Crippen LogP contribution in [0, 0.1) is 0 Å². The van der Waals surface area contributed by atoms with Gasteiger partial charge in [-0.15, -0.1) is 0 Å². The fourth-order valence-electron chi connectivity index (χ4n) is 2.68. The van der Waals surface area contributed by atoms with Crippen LogP contribution in [0.4, 0.5) is 8.78 Å². The number of alkyl halides is 2. The van der Waals surface area contributed by atoms with Gasteiger partial charge in [-0.1, -0.05) is 42.5 Å². The standard InChI is InChI=1S/C15H20F2N2S2/c1-21-14(13(18)20)7-9-19(10-8-14)11-15(16,17)12-5-3-2-4-6-12/h2-6H,7-11H2,1H3,(H2,18,20). The molecule has 6 heteroatoms. The number of likely N-dealkylation sites (tertiary alicyclic amines) is 1. The van der Waals surface area contributed by atoms with Gasteiger partial charge in [0.05, 0.1) is 16.3 Å². The molecule has 2 nitrogen and oxygen atoms in total. The zero-order valence-electron chi connectivity index (χ0n) is 12.0. The van der Waals surface area contributed by atoms with Crippen molar-refractivity contribution in [2.75, 3.05) is 25.9 Å². The van der Waals surface area contributed by atoms with Crippen LogP contribution < -0.4 is 5.73 Å². The molecule has 1 heterocycles. The molecule has 1 saturated heterocycles. The van der Waals surface area contributed by atoms with Gasteiger partial charge >= 0.3 is 0 Å². The Morgan fingerprint density at radius 2 is 1.90 bits per heavy atom. The van der Waals surface area contributed by atoms with Crippen LogP contribution in [-0.2, 0) is 5.92 Å². The SMILES string of the molecule is CSC1(C(N)=S)CCN(CC(F)(F)c2ccccc2)CC1. The molecule has 2 rings (SSSR count). The Hall–Kier alpha value is -0.720. The Balaban J connectivity index is 1.99. The zero-order chi connectivity index (χ0) is 15.5. The number of hydrogen-bond acceptors (Lipinski definition) is 3. The fraction of sp³-hybridized carbons (Fsp3) is 0.533. The van der Waals surface area contributed by atoms with E-state index in [9.17, 15) is 8.78 Å². The van der Waals surface area contributed by atoms with E-state index in [1.165, 1.54) is 12.1 Å². The molecule has 0 spiro atoms. The van der Waals surface area contributed by atoms with Crippen LogP contribution in [0.25, 0.3) is 0 Å². The average Bonchev–Trinajstić information content (AvgIpc) is 2.48. The summed E-state index contributed by atoms with van der Waals surface area (Å²) in [6, 6.07) is 7.99. The van der Waals surface area contributed by atoms with E-state index < -0.39 is 5.92 Å². The van der Waals surface area contributed by atoms with E-state index in [4.69, 9.17) is 18.0 Å². The van der Waals surface area contributed by atoms with E-state index in [-0.39, 0.29) is 16.9 Å². The van der Waals surface area contributed by atoms with Crippen molar-refractivity contribution in [3.05, 3.63) is 35.9 Å². The normalized spacial score (nSPS) is 19.4. The van der Waals surface area contributed by atoms with Crippen molar-refractivity contribution >= 4 is 29.0 Å². The van der Waals surface area contributed by atoms with Gasteiger partial charge in [0.15, 0.2) is 0 Å². The van der Waals surface area contributed by atoms with Crippen molar-refractivity contribution in [3.8, 4) is 0 Å². The molecule has 0 aliphatic carbocycles. The number of halogens is 2. The lowest BCUT2D eigenvalue weighted by atomic mass is 9.95. The van der Waals surface area contributed by atoms with Gasteiger partial charge in [-0.3, -0.25) is 4.90 Å². The molecule has 0 unspecified atom stereocenters. The van der Waals surface area contributed by atoms with Gasteiger partial charge in [0, 0.05) is 18.7 Å². The van der Waals surface area contributed by atoms with Crippen LogP contribution in [0.15, 0.2) is 30.3 Å². The third-order valence-corrected chi connectivity index (χ3v) is 6.05. The lowest BCUT2D eigenvalue weighted by Crippen LogP contribution is -2.51. The van der Waals surface area contributed by atoms with E-state index in [1.54, 1.807) is 34.9 Å².